The van der Waals surface area contributed by atoms with Crippen LogP contribution in [0.2, 0.25) is 0 Å². The number of nitrogens with two attached hydrogens (primary N) is 1. The Balaban J connectivity index is 1.50. The molecule has 0 amide bonds. The van der Waals surface area contributed by atoms with E-state index in [0.29, 0.717) is 24.4 Å². The minimum absolute atomic E-state index is 0.138. The van der Waals surface area contributed by atoms with Gasteiger partial charge in [-0.2, -0.15) is 0 Å². The van der Waals surface area contributed by atoms with E-state index >= 15 is 0 Å². The Morgan fingerprint density at radius 2 is 2.08 bits per heavy atom. The minimum Gasteiger partial charge on any atom is -0.330 e. The molecule has 0 aromatic carbocycles. The van der Waals surface area contributed by atoms with E-state index in [1.165, 1.54) is 0 Å². The topological polar surface area (TPSA) is 112 Å². The molecular formula is C16H32N6O2S2. The number of fused-ring (bicyclic) bond motifs is 1. The van der Waals surface area contributed by atoms with Crippen LogP contribution >= 0.6 is 11.8 Å². The third-order valence-electron chi connectivity index (χ3n) is 6.20. The molecule has 2 heterocycles. The first-order valence-corrected chi connectivity index (χ1v) is 12.2. The van der Waals surface area contributed by atoms with Crippen molar-refractivity contribution in [3.8, 4) is 0 Å². The Labute approximate surface area is 160 Å². The summed E-state index contributed by atoms with van der Waals surface area (Å²) in [6.45, 7) is 4.75. The summed E-state index contributed by atoms with van der Waals surface area (Å²) in [4.78, 5) is 2.43. The quantitative estimate of drug-likeness (QED) is 0.414. The van der Waals surface area contributed by atoms with Crippen molar-refractivity contribution in [1.29, 1.82) is 0 Å². The van der Waals surface area contributed by atoms with Gasteiger partial charge in [-0.3, -0.25) is 10.2 Å². The van der Waals surface area contributed by atoms with Gasteiger partial charge in [-0.1, -0.05) is 0 Å². The van der Waals surface area contributed by atoms with Gasteiger partial charge in [0.25, 0.3) is 0 Å². The molecule has 8 nitrogen and oxygen atoms in total. The maximum atomic E-state index is 12.9. The first kappa shape index (κ1) is 19.4. The number of thioether (sulfide) groups is 1. The van der Waals surface area contributed by atoms with Crippen LogP contribution in [0.4, 0.5) is 0 Å². The van der Waals surface area contributed by atoms with Crippen molar-refractivity contribution in [2.24, 2.45) is 5.73 Å². The standard InChI is InChI=1S/C16H32N6O2S2/c1-10-19-20-15(25-10)22-13-9-11(26(23,24)21-16(2)6-7-16)3-4-12(13)18-14(22)5-8-17/h10-15,18-21H,3-9,17H2,1-2H3. The maximum Gasteiger partial charge on any atom is 0.215 e. The molecule has 2 aliphatic carbocycles. The number of sulfonamides is 1. The highest BCUT2D eigenvalue weighted by atomic mass is 32.2. The van der Waals surface area contributed by atoms with Gasteiger partial charge in [0.05, 0.1) is 16.8 Å². The molecule has 0 radical (unpaired) electrons. The summed E-state index contributed by atoms with van der Waals surface area (Å²) in [6, 6.07) is 0.554. The zero-order valence-corrected chi connectivity index (χ0v) is 17.2. The normalized spacial score (nSPS) is 42.7. The smallest absolute Gasteiger partial charge is 0.215 e. The average molecular weight is 405 g/mol. The van der Waals surface area contributed by atoms with E-state index in [9.17, 15) is 8.42 Å². The fraction of sp³-hybridized carbons (Fsp3) is 1.00. The molecule has 0 aromatic heterocycles. The Bertz CT molecular complexity index is 628. The number of hydrazine groups is 1. The second-order valence-electron chi connectivity index (χ2n) is 8.44. The van der Waals surface area contributed by atoms with Crippen molar-refractivity contribution in [3.63, 3.8) is 0 Å². The van der Waals surface area contributed by atoms with Gasteiger partial charge in [0, 0.05) is 17.6 Å². The van der Waals surface area contributed by atoms with Crippen molar-refractivity contribution in [1.82, 2.24) is 25.8 Å². The van der Waals surface area contributed by atoms with Gasteiger partial charge in [0.15, 0.2) is 0 Å². The Kier molecular flexibility index (Phi) is 5.33. The highest BCUT2D eigenvalue weighted by Crippen LogP contribution is 2.40. The molecule has 2 saturated carbocycles. The van der Waals surface area contributed by atoms with Gasteiger partial charge in [-0.15, -0.1) is 11.8 Å². The number of hydrogen-bond donors (Lipinski definition) is 5. The monoisotopic (exact) mass is 404 g/mol. The van der Waals surface area contributed by atoms with Crippen molar-refractivity contribution in [2.45, 2.75) is 92.3 Å². The molecule has 4 fully saturated rings. The zero-order valence-electron chi connectivity index (χ0n) is 15.6. The largest absolute Gasteiger partial charge is 0.330 e. The van der Waals surface area contributed by atoms with E-state index in [1.807, 2.05) is 18.7 Å². The summed E-state index contributed by atoms with van der Waals surface area (Å²) >= 11 is 1.83. The molecule has 4 aliphatic rings. The molecule has 150 valence electrons. The molecular weight excluding hydrogens is 372 g/mol. The van der Waals surface area contributed by atoms with Crippen LogP contribution < -0.4 is 26.6 Å². The van der Waals surface area contributed by atoms with E-state index < -0.39 is 10.0 Å². The van der Waals surface area contributed by atoms with Gasteiger partial charge < -0.3 is 5.73 Å². The minimum atomic E-state index is -3.28. The lowest BCUT2D eigenvalue weighted by Crippen LogP contribution is -2.54. The summed E-state index contributed by atoms with van der Waals surface area (Å²) < 4.78 is 28.8. The summed E-state index contributed by atoms with van der Waals surface area (Å²) in [6.07, 6.45) is 5.26. The van der Waals surface area contributed by atoms with Gasteiger partial charge in [-0.05, 0) is 58.9 Å². The lowest BCUT2D eigenvalue weighted by atomic mass is 9.90. The third kappa shape index (κ3) is 3.80. The molecule has 26 heavy (non-hydrogen) atoms. The van der Waals surface area contributed by atoms with Gasteiger partial charge in [0.1, 0.15) is 5.50 Å². The first-order valence-electron chi connectivity index (χ1n) is 9.74. The van der Waals surface area contributed by atoms with Crippen LogP contribution in [-0.4, -0.2) is 59.8 Å². The average Bonchev–Trinajstić information content (AvgIpc) is 2.99. The van der Waals surface area contributed by atoms with E-state index in [2.05, 4.69) is 32.7 Å². The Morgan fingerprint density at radius 1 is 1.31 bits per heavy atom. The van der Waals surface area contributed by atoms with Gasteiger partial charge in [0.2, 0.25) is 10.0 Å². The number of rotatable bonds is 6. The summed E-state index contributed by atoms with van der Waals surface area (Å²) in [5, 5.41) is 3.74. The predicted octanol–water partition coefficient (Wildman–Crippen LogP) is -0.201. The molecule has 6 N–H and O–H groups in total. The number of nitrogens with one attached hydrogen (secondary N) is 4. The van der Waals surface area contributed by atoms with Crippen molar-refractivity contribution in [2.75, 3.05) is 6.54 Å². The summed E-state index contributed by atoms with van der Waals surface area (Å²) in [7, 11) is -3.28. The first-order chi connectivity index (χ1) is 12.3. The molecule has 0 aromatic rings. The number of nitrogens with zero attached hydrogens (tertiary/aromatic N) is 1. The molecule has 2 aliphatic heterocycles. The zero-order chi connectivity index (χ0) is 18.5. The lowest BCUT2D eigenvalue weighted by Gasteiger charge is -2.38. The van der Waals surface area contributed by atoms with Crippen molar-refractivity contribution in [3.05, 3.63) is 0 Å². The molecule has 0 bridgehead atoms. The van der Waals surface area contributed by atoms with Crippen LogP contribution in [0.5, 0.6) is 0 Å². The fourth-order valence-corrected chi connectivity index (χ4v) is 7.58. The summed E-state index contributed by atoms with van der Waals surface area (Å²) in [5.41, 5.74) is 12.4. The second kappa shape index (κ2) is 7.14. The third-order valence-corrected chi connectivity index (χ3v) is 9.43. The van der Waals surface area contributed by atoms with Crippen LogP contribution in [0, 0.1) is 0 Å². The highest BCUT2D eigenvalue weighted by molar-refractivity contribution is 8.00. The Morgan fingerprint density at radius 3 is 2.69 bits per heavy atom. The van der Waals surface area contributed by atoms with E-state index in [4.69, 9.17) is 5.73 Å². The van der Waals surface area contributed by atoms with E-state index in [0.717, 1.165) is 32.1 Å². The van der Waals surface area contributed by atoms with Gasteiger partial charge in [-0.25, -0.2) is 24.0 Å². The maximum absolute atomic E-state index is 12.9. The fourth-order valence-electron chi connectivity index (χ4n) is 4.52. The van der Waals surface area contributed by atoms with Crippen LogP contribution in [0.1, 0.15) is 52.4 Å². The molecule has 4 rings (SSSR count). The second-order valence-corrected chi connectivity index (χ2v) is 11.8. The van der Waals surface area contributed by atoms with Crippen molar-refractivity contribution >= 4 is 21.8 Å². The highest BCUT2D eigenvalue weighted by Gasteiger charge is 2.51. The van der Waals surface area contributed by atoms with Crippen molar-refractivity contribution < 1.29 is 8.42 Å². The molecule has 6 atom stereocenters. The predicted molar refractivity (Wildman–Crippen MR) is 104 cm³/mol. The lowest BCUT2D eigenvalue weighted by molar-refractivity contribution is 0.127. The van der Waals surface area contributed by atoms with Crippen LogP contribution in [-0.2, 0) is 10.0 Å². The molecule has 2 saturated heterocycles. The van der Waals surface area contributed by atoms with Crippen LogP contribution in [0.15, 0.2) is 0 Å². The van der Waals surface area contributed by atoms with E-state index in [1.54, 1.807) is 0 Å². The number of hydrogen-bond acceptors (Lipinski definition) is 8. The van der Waals surface area contributed by atoms with E-state index in [-0.39, 0.29) is 28.5 Å². The van der Waals surface area contributed by atoms with Crippen LogP contribution in [0.3, 0.4) is 0 Å². The molecule has 0 spiro atoms. The SMILES string of the molecule is CC1NNC(N2C(CCN)NC3CCC(S(=O)(=O)NC4(C)CC4)CC32)S1. The Hall–Kier alpha value is 0.0600. The van der Waals surface area contributed by atoms with Crippen LogP contribution in [0.25, 0.3) is 0 Å². The summed E-state index contributed by atoms with van der Waals surface area (Å²) in [5.74, 6) is 0. The molecule has 6 unspecified atom stereocenters. The molecule has 10 heteroatoms. The van der Waals surface area contributed by atoms with Gasteiger partial charge >= 0.3 is 0 Å².